The highest BCUT2D eigenvalue weighted by Crippen LogP contribution is 2.23. The molecular weight excluding hydrogens is 338 g/mol. The predicted molar refractivity (Wildman–Crippen MR) is 89.2 cm³/mol. The molecule has 0 spiro atoms. The van der Waals surface area contributed by atoms with E-state index < -0.39 is 10.0 Å². The normalized spacial score (nSPS) is 13.5. The molecule has 0 aliphatic heterocycles. The molecule has 23 heavy (non-hydrogen) atoms. The molecule has 9 heteroatoms. The molecule has 0 bridgehead atoms. The van der Waals surface area contributed by atoms with Crippen molar-refractivity contribution >= 4 is 21.6 Å². The van der Waals surface area contributed by atoms with Crippen LogP contribution in [0.5, 0.6) is 0 Å². The lowest BCUT2D eigenvalue weighted by molar-refractivity contribution is 0.446. The lowest BCUT2D eigenvalue weighted by atomic mass is 10.2. The Morgan fingerprint density at radius 2 is 1.96 bits per heavy atom. The van der Waals surface area contributed by atoms with E-state index in [-0.39, 0.29) is 10.9 Å². The summed E-state index contributed by atoms with van der Waals surface area (Å²) in [6.07, 6.45) is 1.97. The van der Waals surface area contributed by atoms with Crippen LogP contribution in [0, 0.1) is 20.8 Å². The number of nitrogens with zero attached hydrogens (tertiary/aromatic N) is 4. The molecule has 2 heterocycles. The first kappa shape index (κ1) is 18.0. The highest BCUT2D eigenvalue weighted by molar-refractivity contribution is 7.89. The van der Waals surface area contributed by atoms with E-state index >= 15 is 0 Å². The van der Waals surface area contributed by atoms with Gasteiger partial charge in [0.1, 0.15) is 4.90 Å². The zero-order valence-electron chi connectivity index (χ0n) is 14.0. The third-order valence-electron chi connectivity index (χ3n) is 3.99. The molecule has 2 rings (SSSR count). The Morgan fingerprint density at radius 1 is 1.30 bits per heavy atom. The quantitative estimate of drug-likeness (QED) is 0.856. The number of nitrogens with one attached hydrogen (secondary N) is 1. The van der Waals surface area contributed by atoms with E-state index in [2.05, 4.69) is 14.9 Å². The zero-order chi connectivity index (χ0) is 17.4. The first-order valence-electron chi connectivity index (χ1n) is 7.34. The van der Waals surface area contributed by atoms with Crippen LogP contribution >= 0.6 is 11.6 Å². The first-order chi connectivity index (χ1) is 10.6. The second kappa shape index (κ2) is 6.62. The second-order valence-electron chi connectivity index (χ2n) is 5.68. The summed E-state index contributed by atoms with van der Waals surface area (Å²) in [5, 5.41) is 9.02. The summed E-state index contributed by atoms with van der Waals surface area (Å²) >= 11 is 6.14. The van der Waals surface area contributed by atoms with Crippen molar-refractivity contribution in [2.45, 2.75) is 45.1 Å². The summed E-state index contributed by atoms with van der Waals surface area (Å²) in [4.78, 5) is 0.210. The third kappa shape index (κ3) is 3.59. The van der Waals surface area contributed by atoms with E-state index in [0.29, 0.717) is 23.7 Å². The third-order valence-corrected chi connectivity index (χ3v) is 6.10. The van der Waals surface area contributed by atoms with Gasteiger partial charge < -0.3 is 0 Å². The first-order valence-corrected chi connectivity index (χ1v) is 9.20. The van der Waals surface area contributed by atoms with Gasteiger partial charge in [-0.15, -0.1) is 0 Å². The summed E-state index contributed by atoms with van der Waals surface area (Å²) in [5.41, 5.74) is 2.28. The molecule has 0 radical (unpaired) electrons. The minimum absolute atomic E-state index is 0.0406. The van der Waals surface area contributed by atoms with E-state index in [4.69, 9.17) is 11.6 Å². The lowest BCUT2D eigenvalue weighted by Gasteiger charge is -2.14. The monoisotopic (exact) mass is 359 g/mol. The SMILES string of the molecule is Cc1nn(C(C)CCNS(=O)(=O)c2cnn(C)c2C)c(C)c1Cl. The van der Waals surface area contributed by atoms with Gasteiger partial charge in [0.05, 0.1) is 34.3 Å². The van der Waals surface area contributed by atoms with Gasteiger partial charge in [-0.3, -0.25) is 9.36 Å². The number of aromatic nitrogens is 4. The van der Waals surface area contributed by atoms with Crippen molar-refractivity contribution in [1.29, 1.82) is 0 Å². The Kier molecular flexibility index (Phi) is 5.17. The largest absolute Gasteiger partial charge is 0.272 e. The van der Waals surface area contributed by atoms with E-state index in [0.717, 1.165) is 11.4 Å². The fourth-order valence-electron chi connectivity index (χ4n) is 2.42. The molecule has 0 amide bonds. The van der Waals surface area contributed by atoms with Crippen molar-refractivity contribution in [3.63, 3.8) is 0 Å². The molecular formula is C14H22ClN5O2S. The Morgan fingerprint density at radius 3 is 2.43 bits per heavy atom. The van der Waals surface area contributed by atoms with Crippen LogP contribution in [0.2, 0.25) is 5.02 Å². The predicted octanol–water partition coefficient (Wildman–Crippen LogP) is 2.12. The van der Waals surface area contributed by atoms with E-state index in [1.165, 1.54) is 10.9 Å². The standard InChI is InChI=1S/C14H22ClN5O2S/c1-9(20-12(4)14(15)10(2)18-20)6-7-17-23(21,22)13-8-16-19(5)11(13)3/h8-9,17H,6-7H2,1-5H3. The van der Waals surface area contributed by atoms with Crippen molar-refractivity contribution in [1.82, 2.24) is 24.3 Å². The molecule has 0 fully saturated rings. The van der Waals surface area contributed by atoms with E-state index in [9.17, 15) is 8.42 Å². The zero-order valence-corrected chi connectivity index (χ0v) is 15.5. The summed E-state index contributed by atoms with van der Waals surface area (Å²) in [7, 11) is -1.84. The van der Waals surface area contributed by atoms with Gasteiger partial charge in [-0.25, -0.2) is 13.1 Å². The van der Waals surface area contributed by atoms with Crippen molar-refractivity contribution in [2.75, 3.05) is 6.54 Å². The van der Waals surface area contributed by atoms with Gasteiger partial charge in [0, 0.05) is 13.6 Å². The molecule has 0 aliphatic carbocycles. The van der Waals surface area contributed by atoms with Crippen LogP contribution < -0.4 is 4.72 Å². The highest BCUT2D eigenvalue weighted by Gasteiger charge is 2.20. The number of hydrogen-bond donors (Lipinski definition) is 1. The molecule has 0 saturated heterocycles. The number of sulfonamides is 1. The Labute approximate surface area is 141 Å². The van der Waals surface area contributed by atoms with Crippen molar-refractivity contribution in [3.8, 4) is 0 Å². The number of aryl methyl sites for hydroxylation is 2. The van der Waals surface area contributed by atoms with Crippen LogP contribution in [-0.2, 0) is 17.1 Å². The van der Waals surface area contributed by atoms with Gasteiger partial charge in [-0.2, -0.15) is 10.2 Å². The second-order valence-corrected chi connectivity index (χ2v) is 7.80. The molecule has 0 aromatic carbocycles. The molecule has 2 aromatic rings. The maximum atomic E-state index is 12.3. The van der Waals surface area contributed by atoms with Crippen molar-refractivity contribution < 1.29 is 8.42 Å². The van der Waals surface area contributed by atoms with Crippen molar-refractivity contribution in [3.05, 3.63) is 28.3 Å². The van der Waals surface area contributed by atoms with Crippen LogP contribution in [-0.4, -0.2) is 34.5 Å². The Balaban J connectivity index is 2.01. The van der Waals surface area contributed by atoms with Crippen LogP contribution in [0.3, 0.4) is 0 Å². The van der Waals surface area contributed by atoms with Gasteiger partial charge in [-0.1, -0.05) is 11.6 Å². The minimum Gasteiger partial charge on any atom is -0.272 e. The molecule has 1 N–H and O–H groups in total. The summed E-state index contributed by atoms with van der Waals surface area (Å²) < 4.78 is 30.6. The van der Waals surface area contributed by atoms with Crippen LogP contribution in [0.25, 0.3) is 0 Å². The Hall–Kier alpha value is -1.38. The molecule has 1 atom stereocenters. The number of rotatable bonds is 6. The minimum atomic E-state index is -3.55. The van der Waals surface area contributed by atoms with Crippen LogP contribution in [0.15, 0.2) is 11.1 Å². The van der Waals surface area contributed by atoms with E-state index in [1.807, 2.05) is 25.5 Å². The summed E-state index contributed by atoms with van der Waals surface area (Å²) in [6.45, 7) is 7.78. The van der Waals surface area contributed by atoms with Gasteiger partial charge in [0.15, 0.2) is 0 Å². The van der Waals surface area contributed by atoms with Gasteiger partial charge >= 0.3 is 0 Å². The average Bonchev–Trinajstić information content (AvgIpc) is 2.94. The van der Waals surface area contributed by atoms with Gasteiger partial charge in [0.2, 0.25) is 10.0 Å². The fraction of sp³-hybridized carbons (Fsp3) is 0.571. The lowest BCUT2D eigenvalue weighted by Crippen LogP contribution is -2.27. The van der Waals surface area contributed by atoms with Gasteiger partial charge in [0.25, 0.3) is 0 Å². The molecule has 0 aliphatic rings. The average molecular weight is 360 g/mol. The Bertz CT molecular complexity index is 809. The maximum Gasteiger partial charge on any atom is 0.243 e. The van der Waals surface area contributed by atoms with Gasteiger partial charge in [-0.05, 0) is 34.1 Å². The van der Waals surface area contributed by atoms with Crippen LogP contribution in [0.1, 0.15) is 36.5 Å². The van der Waals surface area contributed by atoms with E-state index in [1.54, 1.807) is 14.0 Å². The maximum absolute atomic E-state index is 12.3. The molecule has 2 aromatic heterocycles. The topological polar surface area (TPSA) is 81.8 Å². The molecule has 7 nitrogen and oxygen atoms in total. The van der Waals surface area contributed by atoms with Crippen molar-refractivity contribution in [2.24, 2.45) is 7.05 Å². The summed E-state index contributed by atoms with van der Waals surface area (Å²) in [5.74, 6) is 0. The summed E-state index contributed by atoms with van der Waals surface area (Å²) in [6, 6.07) is 0.0406. The smallest absolute Gasteiger partial charge is 0.243 e. The highest BCUT2D eigenvalue weighted by atomic mass is 35.5. The molecule has 128 valence electrons. The number of halogens is 1. The fourth-order valence-corrected chi connectivity index (χ4v) is 3.79. The molecule has 0 saturated carbocycles. The van der Waals surface area contributed by atoms with Crippen LogP contribution in [0.4, 0.5) is 0 Å². The molecule has 1 unspecified atom stereocenters. The number of hydrogen-bond acceptors (Lipinski definition) is 4.